The monoisotopic (exact) mass is 190 g/mol. The maximum atomic E-state index is 5.15. The average molecular weight is 191 g/mol. The zero-order valence-corrected chi connectivity index (χ0v) is 6.99. The van der Waals surface area contributed by atoms with Gasteiger partial charge in [-0.3, -0.25) is 0 Å². The molecule has 1 aliphatic rings. The van der Waals surface area contributed by atoms with Crippen LogP contribution in [-0.4, -0.2) is 18.5 Å². The van der Waals surface area contributed by atoms with E-state index in [4.69, 9.17) is 4.74 Å². The van der Waals surface area contributed by atoms with E-state index in [0.717, 1.165) is 25.0 Å². The zero-order chi connectivity index (χ0) is 6.53. The van der Waals surface area contributed by atoms with Crippen LogP contribution in [0.4, 0.5) is 0 Å². The van der Waals surface area contributed by atoms with Crippen LogP contribution in [0.3, 0.4) is 0 Å². The van der Waals surface area contributed by atoms with Crippen molar-refractivity contribution in [3.05, 3.63) is 11.6 Å². The number of ether oxygens (including phenoxy) is 1. The molecule has 0 N–H and O–H groups in total. The van der Waals surface area contributed by atoms with Crippen molar-refractivity contribution >= 4 is 15.9 Å². The highest BCUT2D eigenvalue weighted by molar-refractivity contribution is 9.09. The lowest BCUT2D eigenvalue weighted by Crippen LogP contribution is -2.04. The van der Waals surface area contributed by atoms with Crippen molar-refractivity contribution in [2.24, 2.45) is 0 Å². The summed E-state index contributed by atoms with van der Waals surface area (Å²) in [5.41, 5.74) is 1.54. The summed E-state index contributed by atoms with van der Waals surface area (Å²) in [5, 5.41) is 1.08. The van der Waals surface area contributed by atoms with Gasteiger partial charge in [0.1, 0.15) is 0 Å². The second kappa shape index (κ2) is 4.07. The molecule has 52 valence electrons. The van der Waals surface area contributed by atoms with Crippen LogP contribution in [-0.2, 0) is 4.74 Å². The molecular formula is C7H11BrO. The summed E-state index contributed by atoms with van der Waals surface area (Å²) >= 11 is 3.40. The Morgan fingerprint density at radius 2 is 2.56 bits per heavy atom. The molecular weight excluding hydrogens is 180 g/mol. The van der Waals surface area contributed by atoms with Crippen LogP contribution in [0.2, 0.25) is 0 Å². The molecule has 1 rings (SSSR count). The number of hydrogen-bond acceptors (Lipinski definition) is 1. The smallest absolute Gasteiger partial charge is 0.0650 e. The topological polar surface area (TPSA) is 9.23 Å². The summed E-state index contributed by atoms with van der Waals surface area (Å²) in [6.07, 6.45) is 4.50. The second-order valence-electron chi connectivity index (χ2n) is 2.13. The molecule has 0 spiro atoms. The molecule has 9 heavy (non-hydrogen) atoms. The van der Waals surface area contributed by atoms with E-state index < -0.39 is 0 Å². The van der Waals surface area contributed by atoms with E-state index in [9.17, 15) is 0 Å². The highest BCUT2D eigenvalue weighted by Gasteiger charge is 2.00. The van der Waals surface area contributed by atoms with Gasteiger partial charge in [0.15, 0.2) is 0 Å². The first-order chi connectivity index (χ1) is 4.43. The third-order valence-corrected chi connectivity index (χ3v) is 1.87. The standard InChI is InChI=1S/C7H11BrO/c8-4-1-7-2-5-9-6-3-7/h2H,1,3-6H2. The van der Waals surface area contributed by atoms with Gasteiger partial charge in [0.2, 0.25) is 0 Å². The summed E-state index contributed by atoms with van der Waals surface area (Å²) in [4.78, 5) is 0. The van der Waals surface area contributed by atoms with Crippen molar-refractivity contribution in [1.82, 2.24) is 0 Å². The van der Waals surface area contributed by atoms with Gasteiger partial charge in [0.25, 0.3) is 0 Å². The lowest BCUT2D eigenvalue weighted by molar-refractivity contribution is 0.154. The molecule has 2 heteroatoms. The van der Waals surface area contributed by atoms with Crippen molar-refractivity contribution in [2.45, 2.75) is 12.8 Å². The van der Waals surface area contributed by atoms with Crippen LogP contribution in [0.5, 0.6) is 0 Å². The zero-order valence-electron chi connectivity index (χ0n) is 5.40. The normalized spacial score (nSPS) is 19.4. The Kier molecular flexibility index (Phi) is 3.30. The Labute approximate surface area is 64.2 Å². The van der Waals surface area contributed by atoms with Gasteiger partial charge >= 0.3 is 0 Å². The van der Waals surface area contributed by atoms with E-state index in [-0.39, 0.29) is 0 Å². The molecule has 0 unspecified atom stereocenters. The molecule has 0 fully saturated rings. The van der Waals surface area contributed by atoms with Gasteiger partial charge in [-0.15, -0.1) is 0 Å². The molecule has 0 atom stereocenters. The first-order valence-corrected chi connectivity index (χ1v) is 4.37. The highest BCUT2D eigenvalue weighted by Crippen LogP contribution is 2.12. The van der Waals surface area contributed by atoms with Crippen LogP contribution in [0, 0.1) is 0 Å². The second-order valence-corrected chi connectivity index (χ2v) is 2.92. The van der Waals surface area contributed by atoms with Gasteiger partial charge in [-0.25, -0.2) is 0 Å². The summed E-state index contributed by atoms with van der Waals surface area (Å²) in [6.45, 7) is 1.74. The van der Waals surface area contributed by atoms with Crippen molar-refractivity contribution < 1.29 is 4.74 Å². The van der Waals surface area contributed by atoms with Crippen LogP contribution in [0.15, 0.2) is 11.6 Å². The fraction of sp³-hybridized carbons (Fsp3) is 0.714. The van der Waals surface area contributed by atoms with Gasteiger partial charge < -0.3 is 4.74 Å². The molecule has 0 bridgehead atoms. The van der Waals surface area contributed by atoms with E-state index in [1.165, 1.54) is 12.0 Å². The van der Waals surface area contributed by atoms with E-state index in [1.807, 2.05) is 0 Å². The quantitative estimate of drug-likeness (QED) is 0.479. The third-order valence-electron chi connectivity index (χ3n) is 1.47. The Bertz CT molecular complexity index is 109. The first kappa shape index (κ1) is 7.29. The summed E-state index contributed by atoms with van der Waals surface area (Å²) in [5.74, 6) is 0. The van der Waals surface area contributed by atoms with Gasteiger partial charge in [-0.1, -0.05) is 27.6 Å². The minimum absolute atomic E-state index is 0.822. The fourth-order valence-corrected chi connectivity index (χ4v) is 1.42. The van der Waals surface area contributed by atoms with Crippen LogP contribution in [0.25, 0.3) is 0 Å². The maximum Gasteiger partial charge on any atom is 0.0650 e. The molecule has 0 amide bonds. The number of alkyl halides is 1. The van der Waals surface area contributed by atoms with E-state index in [1.54, 1.807) is 0 Å². The summed E-state index contributed by atoms with van der Waals surface area (Å²) in [6, 6.07) is 0. The van der Waals surface area contributed by atoms with Gasteiger partial charge in [-0.2, -0.15) is 0 Å². The van der Waals surface area contributed by atoms with Gasteiger partial charge in [0, 0.05) is 5.33 Å². The van der Waals surface area contributed by atoms with E-state index >= 15 is 0 Å². The average Bonchev–Trinajstić information content (AvgIpc) is 1.91. The lowest BCUT2D eigenvalue weighted by Gasteiger charge is -2.11. The molecule has 0 saturated carbocycles. The molecule has 1 nitrogen and oxygen atoms in total. The van der Waals surface area contributed by atoms with Crippen LogP contribution >= 0.6 is 15.9 Å². The Morgan fingerprint density at radius 3 is 3.11 bits per heavy atom. The first-order valence-electron chi connectivity index (χ1n) is 3.25. The Hall–Kier alpha value is 0.180. The molecule has 0 aromatic rings. The largest absolute Gasteiger partial charge is 0.377 e. The highest BCUT2D eigenvalue weighted by atomic mass is 79.9. The van der Waals surface area contributed by atoms with Crippen molar-refractivity contribution in [2.75, 3.05) is 18.5 Å². The molecule has 1 heterocycles. The summed E-state index contributed by atoms with van der Waals surface area (Å²) < 4.78 is 5.15. The van der Waals surface area contributed by atoms with E-state index in [0.29, 0.717) is 0 Å². The molecule has 0 aromatic heterocycles. The number of hydrogen-bond donors (Lipinski definition) is 0. The van der Waals surface area contributed by atoms with Gasteiger partial charge in [0.05, 0.1) is 13.2 Å². The molecule has 0 saturated heterocycles. The number of halogens is 1. The minimum Gasteiger partial charge on any atom is -0.377 e. The minimum atomic E-state index is 0.822. The van der Waals surface area contributed by atoms with Crippen molar-refractivity contribution in [1.29, 1.82) is 0 Å². The van der Waals surface area contributed by atoms with E-state index in [2.05, 4.69) is 22.0 Å². The SMILES string of the molecule is BrCCC1=CCOCC1. The molecule has 1 aliphatic heterocycles. The number of rotatable bonds is 2. The van der Waals surface area contributed by atoms with Crippen LogP contribution < -0.4 is 0 Å². The summed E-state index contributed by atoms with van der Waals surface area (Å²) in [7, 11) is 0. The Balaban J connectivity index is 2.28. The van der Waals surface area contributed by atoms with Crippen LogP contribution in [0.1, 0.15) is 12.8 Å². The molecule has 0 radical (unpaired) electrons. The van der Waals surface area contributed by atoms with Gasteiger partial charge in [-0.05, 0) is 12.8 Å². The Morgan fingerprint density at radius 1 is 1.67 bits per heavy atom. The molecule has 0 aliphatic carbocycles. The molecule has 0 aromatic carbocycles. The third kappa shape index (κ3) is 2.50. The van der Waals surface area contributed by atoms with Crippen molar-refractivity contribution in [3.63, 3.8) is 0 Å². The predicted molar refractivity (Wildman–Crippen MR) is 41.9 cm³/mol. The fourth-order valence-electron chi connectivity index (χ4n) is 0.914. The van der Waals surface area contributed by atoms with Crippen molar-refractivity contribution in [3.8, 4) is 0 Å². The predicted octanol–water partition coefficient (Wildman–Crippen LogP) is 2.12. The lowest BCUT2D eigenvalue weighted by atomic mass is 10.1. The maximum absolute atomic E-state index is 5.15.